The van der Waals surface area contributed by atoms with E-state index in [0.29, 0.717) is 24.8 Å². The minimum Gasteiger partial charge on any atom is -0.406 e. The van der Waals surface area contributed by atoms with E-state index in [2.05, 4.69) is 11.7 Å². The van der Waals surface area contributed by atoms with Gasteiger partial charge in [0.25, 0.3) is 0 Å². The average molecular weight is 533 g/mol. The van der Waals surface area contributed by atoms with Crippen LogP contribution >= 0.6 is 0 Å². The van der Waals surface area contributed by atoms with Gasteiger partial charge in [0.05, 0.1) is 0 Å². The Kier molecular flexibility index (Phi) is 8.16. The van der Waals surface area contributed by atoms with E-state index in [0.717, 1.165) is 54.6 Å². The molecule has 0 amide bonds. The van der Waals surface area contributed by atoms with E-state index in [-0.39, 0.29) is 23.1 Å². The molecule has 2 fully saturated rings. The van der Waals surface area contributed by atoms with Gasteiger partial charge in [-0.2, -0.15) is 0 Å². The third-order valence-electron chi connectivity index (χ3n) is 9.35. The molecule has 6 heteroatoms. The van der Waals surface area contributed by atoms with Gasteiger partial charge in [0.15, 0.2) is 0 Å². The zero-order chi connectivity index (χ0) is 26.9. The number of allylic oxidation sites excluding steroid dienone is 2. The molecule has 3 aliphatic rings. The molecule has 2 saturated carbocycles. The fraction of sp³-hybridized carbons (Fsp3) is 0.562. The van der Waals surface area contributed by atoms with Crippen LogP contribution < -0.4 is 4.74 Å². The fourth-order valence-corrected chi connectivity index (χ4v) is 7.12. The van der Waals surface area contributed by atoms with Gasteiger partial charge in [-0.05, 0) is 128 Å². The first kappa shape index (κ1) is 27.2. The number of halogens is 5. The molecular weight excluding hydrogens is 495 g/mol. The Hall–Kier alpha value is -2.37. The molecule has 2 aromatic carbocycles. The van der Waals surface area contributed by atoms with Crippen molar-refractivity contribution in [3.63, 3.8) is 0 Å². The van der Waals surface area contributed by atoms with Gasteiger partial charge in [-0.15, -0.1) is 13.2 Å². The standard InChI is InChI=1S/C32H37F5O/c1-20-2-4-21(5-3-20)22-6-8-25(9-7-22)27-18-29(33)31(30(34)19-27)26-12-10-23(11-13-26)24-14-16-28(17-15-24)38-32(35,36)37/h12,14-23,25H,2-11,13H2,1H3. The van der Waals surface area contributed by atoms with Crippen molar-refractivity contribution in [3.8, 4) is 5.75 Å². The maximum atomic E-state index is 15.3. The van der Waals surface area contributed by atoms with Gasteiger partial charge in [-0.3, -0.25) is 0 Å². The molecule has 1 unspecified atom stereocenters. The molecule has 0 aliphatic heterocycles. The first-order chi connectivity index (χ1) is 18.2. The minimum absolute atomic E-state index is 0.0751. The predicted molar refractivity (Wildman–Crippen MR) is 140 cm³/mol. The average Bonchev–Trinajstić information content (AvgIpc) is 2.89. The van der Waals surface area contributed by atoms with Crippen LogP contribution in [0.4, 0.5) is 22.0 Å². The lowest BCUT2D eigenvalue weighted by atomic mass is 9.68. The van der Waals surface area contributed by atoms with Crippen LogP contribution in [0.5, 0.6) is 5.75 Å². The summed E-state index contributed by atoms with van der Waals surface area (Å²) in [5.41, 5.74) is 2.43. The van der Waals surface area contributed by atoms with E-state index in [1.165, 1.54) is 37.8 Å². The molecule has 0 bridgehead atoms. The molecule has 0 heterocycles. The van der Waals surface area contributed by atoms with Crippen molar-refractivity contribution in [1.82, 2.24) is 0 Å². The van der Waals surface area contributed by atoms with Crippen LogP contribution in [-0.4, -0.2) is 6.36 Å². The highest BCUT2D eigenvalue weighted by Crippen LogP contribution is 2.45. The smallest absolute Gasteiger partial charge is 0.406 e. The van der Waals surface area contributed by atoms with E-state index < -0.39 is 18.0 Å². The highest BCUT2D eigenvalue weighted by atomic mass is 19.4. The minimum atomic E-state index is -4.72. The quantitative estimate of drug-likeness (QED) is 0.348. The van der Waals surface area contributed by atoms with Crippen LogP contribution in [-0.2, 0) is 0 Å². The third kappa shape index (κ3) is 6.43. The lowest BCUT2D eigenvalue weighted by Gasteiger charge is -2.37. The van der Waals surface area contributed by atoms with E-state index in [4.69, 9.17) is 0 Å². The van der Waals surface area contributed by atoms with Gasteiger partial charge in [0, 0.05) is 5.56 Å². The molecule has 206 valence electrons. The van der Waals surface area contributed by atoms with E-state index in [1.54, 1.807) is 24.3 Å². The Morgan fingerprint density at radius 3 is 1.82 bits per heavy atom. The summed E-state index contributed by atoms with van der Waals surface area (Å²) < 4.78 is 71.7. The summed E-state index contributed by atoms with van der Waals surface area (Å²) >= 11 is 0. The van der Waals surface area contributed by atoms with Gasteiger partial charge in [-0.1, -0.05) is 38.0 Å². The zero-order valence-electron chi connectivity index (χ0n) is 22.0. The molecule has 38 heavy (non-hydrogen) atoms. The van der Waals surface area contributed by atoms with Crippen molar-refractivity contribution in [3.05, 3.63) is 70.8 Å². The lowest BCUT2D eigenvalue weighted by molar-refractivity contribution is -0.274. The van der Waals surface area contributed by atoms with Crippen molar-refractivity contribution >= 4 is 5.57 Å². The number of ether oxygens (including phenoxy) is 1. The SMILES string of the molecule is CC1CCC(C2CCC(c3cc(F)c(C4=CCC(c5ccc(OC(F)(F)F)cc5)CC4)c(F)c3)CC2)CC1. The second-order valence-electron chi connectivity index (χ2n) is 11.8. The van der Waals surface area contributed by atoms with E-state index in [1.807, 2.05) is 6.08 Å². The van der Waals surface area contributed by atoms with Crippen molar-refractivity contribution < 1.29 is 26.7 Å². The number of hydrogen-bond acceptors (Lipinski definition) is 1. The van der Waals surface area contributed by atoms with Crippen molar-refractivity contribution in [2.75, 3.05) is 0 Å². The highest BCUT2D eigenvalue weighted by Gasteiger charge is 2.32. The van der Waals surface area contributed by atoms with Gasteiger partial charge < -0.3 is 4.74 Å². The van der Waals surface area contributed by atoms with Gasteiger partial charge in [-0.25, -0.2) is 8.78 Å². The molecule has 0 radical (unpaired) electrons. The fourth-order valence-electron chi connectivity index (χ4n) is 7.12. The topological polar surface area (TPSA) is 9.23 Å². The van der Waals surface area contributed by atoms with Gasteiger partial charge >= 0.3 is 6.36 Å². The normalized spacial score (nSPS) is 28.6. The molecular formula is C32H37F5O. The summed E-state index contributed by atoms with van der Waals surface area (Å²) in [6.07, 6.45) is 8.61. The second-order valence-corrected chi connectivity index (χ2v) is 11.8. The Labute approximate surface area is 222 Å². The molecule has 0 spiro atoms. The van der Waals surface area contributed by atoms with Crippen molar-refractivity contribution in [2.45, 2.75) is 95.8 Å². The van der Waals surface area contributed by atoms with Crippen LogP contribution in [0.2, 0.25) is 0 Å². The zero-order valence-corrected chi connectivity index (χ0v) is 22.0. The van der Waals surface area contributed by atoms with E-state index >= 15 is 8.78 Å². The second kappa shape index (κ2) is 11.4. The number of alkyl halides is 3. The molecule has 0 N–H and O–H groups in total. The van der Waals surface area contributed by atoms with Crippen molar-refractivity contribution in [1.29, 1.82) is 0 Å². The number of rotatable bonds is 5. The summed E-state index contributed by atoms with van der Waals surface area (Å²) in [4.78, 5) is 0. The molecule has 0 saturated heterocycles. The largest absolute Gasteiger partial charge is 0.573 e. The number of benzene rings is 2. The van der Waals surface area contributed by atoms with Crippen LogP contribution in [0.15, 0.2) is 42.5 Å². The van der Waals surface area contributed by atoms with E-state index in [9.17, 15) is 13.2 Å². The van der Waals surface area contributed by atoms with Crippen LogP contribution in [0.25, 0.3) is 5.57 Å². The summed E-state index contributed by atoms with van der Waals surface area (Å²) in [7, 11) is 0. The van der Waals surface area contributed by atoms with Crippen LogP contribution in [0, 0.1) is 29.4 Å². The van der Waals surface area contributed by atoms with Crippen molar-refractivity contribution in [2.24, 2.45) is 17.8 Å². The highest BCUT2D eigenvalue weighted by molar-refractivity contribution is 5.68. The maximum Gasteiger partial charge on any atom is 0.573 e. The molecule has 2 aromatic rings. The van der Waals surface area contributed by atoms with Crippen LogP contribution in [0.1, 0.15) is 106 Å². The lowest BCUT2D eigenvalue weighted by Crippen LogP contribution is -2.24. The maximum absolute atomic E-state index is 15.3. The first-order valence-electron chi connectivity index (χ1n) is 14.2. The Bertz CT molecular complexity index is 1100. The summed E-state index contributed by atoms with van der Waals surface area (Å²) in [6.45, 7) is 2.35. The molecule has 0 aromatic heterocycles. The van der Waals surface area contributed by atoms with Gasteiger partial charge in [0.2, 0.25) is 0 Å². The molecule has 5 rings (SSSR count). The Morgan fingerprint density at radius 2 is 1.29 bits per heavy atom. The first-order valence-corrected chi connectivity index (χ1v) is 14.2. The number of hydrogen-bond donors (Lipinski definition) is 0. The summed E-state index contributed by atoms with van der Waals surface area (Å²) in [5, 5.41) is 0. The van der Waals surface area contributed by atoms with Gasteiger partial charge in [0.1, 0.15) is 17.4 Å². The molecule has 3 aliphatic carbocycles. The third-order valence-corrected chi connectivity index (χ3v) is 9.35. The predicted octanol–water partition coefficient (Wildman–Crippen LogP) is 10.3. The molecule has 1 atom stereocenters. The Morgan fingerprint density at radius 1 is 0.711 bits per heavy atom. The summed E-state index contributed by atoms with van der Waals surface area (Å²) in [6, 6.07) is 8.98. The summed E-state index contributed by atoms with van der Waals surface area (Å²) in [5.74, 6) is 1.54. The van der Waals surface area contributed by atoms with Crippen LogP contribution in [0.3, 0.4) is 0 Å². The molecule has 1 nitrogen and oxygen atoms in total. The monoisotopic (exact) mass is 532 g/mol. The Balaban J connectivity index is 1.20.